The van der Waals surface area contributed by atoms with Gasteiger partial charge in [0.05, 0.1) is 17.0 Å². The molecule has 3 aromatic carbocycles. The molecule has 0 radical (unpaired) electrons. The van der Waals surface area contributed by atoms with Crippen molar-refractivity contribution in [3.63, 3.8) is 0 Å². The maximum absolute atomic E-state index is 14.5. The molecule has 2 aliphatic rings. The maximum Gasteiger partial charge on any atom is 0.252 e. The number of ether oxygens (including phenoxy) is 1. The first-order chi connectivity index (χ1) is 20.0. The fraction of sp³-hybridized carbons (Fsp3) is 0.382. The minimum atomic E-state index is -3.29. The molecule has 6 nitrogen and oxygen atoms in total. The smallest absolute Gasteiger partial charge is 0.252 e. The molecule has 222 valence electrons. The standard InChI is InChI=1S/C34H39ClN2O4S/c1-21-6-7-22(2)32-29(21)19-30(33(32)35)34(38)37(27-13-11-26(36-3)12-14-27)20-25-18-24(10-17-31(25)41-4)23-8-15-28(16-9-23)42(5,39)40/h6-10,15-18,26-27,36H,11-14,19-20H2,1-5H3/t26-,27+. The first-order valence-electron chi connectivity index (χ1n) is 14.5. The van der Waals surface area contributed by atoms with Gasteiger partial charge in [0.1, 0.15) is 5.75 Å². The number of nitrogens with zero attached hydrogens (tertiary/aromatic N) is 1. The molecule has 1 fully saturated rings. The van der Waals surface area contributed by atoms with Gasteiger partial charge in [-0.3, -0.25) is 4.79 Å². The van der Waals surface area contributed by atoms with Crippen LogP contribution in [0.5, 0.6) is 5.75 Å². The first-order valence-corrected chi connectivity index (χ1v) is 16.7. The monoisotopic (exact) mass is 606 g/mol. The van der Waals surface area contributed by atoms with Gasteiger partial charge in [-0.05, 0) is 98.7 Å². The van der Waals surface area contributed by atoms with Crippen molar-refractivity contribution in [2.75, 3.05) is 20.4 Å². The van der Waals surface area contributed by atoms with Crippen molar-refractivity contribution in [3.8, 4) is 16.9 Å². The van der Waals surface area contributed by atoms with E-state index in [2.05, 4.69) is 24.4 Å². The number of methoxy groups -OCH3 is 1. The van der Waals surface area contributed by atoms with Crippen LogP contribution >= 0.6 is 11.6 Å². The number of nitrogens with one attached hydrogen (secondary N) is 1. The number of benzene rings is 3. The average molecular weight is 607 g/mol. The molecule has 0 aromatic heterocycles. The van der Waals surface area contributed by atoms with E-state index >= 15 is 0 Å². The maximum atomic E-state index is 14.5. The molecule has 1 N–H and O–H groups in total. The van der Waals surface area contributed by atoms with Gasteiger partial charge in [-0.25, -0.2) is 8.42 Å². The lowest BCUT2D eigenvalue weighted by Crippen LogP contribution is -2.45. The van der Waals surface area contributed by atoms with Crippen LogP contribution in [0.1, 0.15) is 53.5 Å². The average Bonchev–Trinajstić information content (AvgIpc) is 3.35. The van der Waals surface area contributed by atoms with Crippen molar-refractivity contribution in [2.45, 2.75) is 69.5 Å². The Labute approximate surface area is 254 Å². The molecule has 0 bridgehead atoms. The molecule has 42 heavy (non-hydrogen) atoms. The van der Waals surface area contributed by atoms with E-state index in [1.807, 2.05) is 49.2 Å². The van der Waals surface area contributed by atoms with E-state index in [1.165, 1.54) is 6.26 Å². The third-order valence-corrected chi connectivity index (χ3v) is 10.4. The molecule has 8 heteroatoms. The van der Waals surface area contributed by atoms with Gasteiger partial charge in [0.25, 0.3) is 5.91 Å². The molecule has 0 saturated heterocycles. The molecule has 0 aliphatic heterocycles. The zero-order valence-electron chi connectivity index (χ0n) is 25.0. The summed E-state index contributed by atoms with van der Waals surface area (Å²) in [5.74, 6) is 0.683. The van der Waals surface area contributed by atoms with E-state index in [4.69, 9.17) is 16.3 Å². The van der Waals surface area contributed by atoms with Gasteiger partial charge in [-0.15, -0.1) is 0 Å². The molecule has 0 spiro atoms. The summed E-state index contributed by atoms with van der Waals surface area (Å²) in [6, 6.07) is 17.5. The minimum absolute atomic E-state index is 0.0205. The van der Waals surface area contributed by atoms with Gasteiger partial charge in [-0.1, -0.05) is 41.9 Å². The number of carbonyl (C=O) groups is 1. The van der Waals surface area contributed by atoms with Crippen molar-refractivity contribution in [1.82, 2.24) is 10.2 Å². The largest absolute Gasteiger partial charge is 0.496 e. The first kappa shape index (κ1) is 30.3. The summed E-state index contributed by atoms with van der Waals surface area (Å²) >= 11 is 6.98. The zero-order chi connectivity index (χ0) is 30.2. The summed E-state index contributed by atoms with van der Waals surface area (Å²) < 4.78 is 29.7. The Morgan fingerprint density at radius 3 is 2.21 bits per heavy atom. The van der Waals surface area contributed by atoms with E-state index < -0.39 is 9.84 Å². The van der Waals surface area contributed by atoms with Gasteiger partial charge in [0.15, 0.2) is 9.84 Å². The fourth-order valence-corrected chi connectivity index (χ4v) is 7.39. The molecule has 1 saturated carbocycles. The third kappa shape index (κ3) is 6.01. The Hall–Kier alpha value is -3.13. The lowest BCUT2D eigenvalue weighted by molar-refractivity contribution is -0.130. The molecule has 3 aromatic rings. The fourth-order valence-electron chi connectivity index (χ4n) is 6.35. The Kier molecular flexibility index (Phi) is 8.83. The normalized spacial score (nSPS) is 18.6. The molecule has 2 aliphatic carbocycles. The summed E-state index contributed by atoms with van der Waals surface area (Å²) in [7, 11) is 0.353. The molecule has 5 rings (SSSR count). The summed E-state index contributed by atoms with van der Waals surface area (Å²) in [6.45, 7) is 4.50. The van der Waals surface area contributed by atoms with Crippen LogP contribution in [0.3, 0.4) is 0 Å². The summed E-state index contributed by atoms with van der Waals surface area (Å²) in [5, 5.41) is 3.96. The highest BCUT2D eigenvalue weighted by atomic mass is 35.5. The number of hydrogen-bond donors (Lipinski definition) is 1. The minimum Gasteiger partial charge on any atom is -0.496 e. The highest BCUT2D eigenvalue weighted by molar-refractivity contribution is 7.90. The summed E-state index contributed by atoms with van der Waals surface area (Å²) in [4.78, 5) is 16.7. The topological polar surface area (TPSA) is 75.7 Å². The number of fused-ring (bicyclic) bond motifs is 1. The van der Waals surface area contributed by atoms with Crippen LogP contribution in [-0.2, 0) is 27.6 Å². The Morgan fingerprint density at radius 2 is 1.62 bits per heavy atom. The Balaban J connectivity index is 1.51. The SMILES string of the molecule is CN[C@H]1CC[C@@H](N(Cc2cc(-c3ccc(S(C)(=O)=O)cc3)ccc2OC)C(=O)C2=C(Cl)c3c(C)ccc(C)c3C2)CC1. The molecule has 0 atom stereocenters. The predicted molar refractivity (Wildman–Crippen MR) is 170 cm³/mol. The van der Waals surface area contributed by atoms with Crippen LogP contribution in [0, 0.1) is 13.8 Å². The van der Waals surface area contributed by atoms with Crippen LogP contribution < -0.4 is 10.1 Å². The molecule has 1 amide bonds. The molecule has 0 heterocycles. The van der Waals surface area contributed by atoms with Crippen LogP contribution in [0.25, 0.3) is 16.2 Å². The second-order valence-electron chi connectivity index (χ2n) is 11.6. The Morgan fingerprint density at radius 1 is 0.976 bits per heavy atom. The Bertz CT molecular complexity index is 1640. The van der Waals surface area contributed by atoms with Gasteiger partial charge in [0, 0.05) is 48.0 Å². The van der Waals surface area contributed by atoms with E-state index in [0.717, 1.165) is 64.6 Å². The van der Waals surface area contributed by atoms with Crippen molar-refractivity contribution >= 4 is 32.4 Å². The van der Waals surface area contributed by atoms with Gasteiger partial charge >= 0.3 is 0 Å². The molecular weight excluding hydrogens is 568 g/mol. The predicted octanol–water partition coefficient (Wildman–Crippen LogP) is 6.45. The second-order valence-corrected chi connectivity index (χ2v) is 14.0. The highest BCUT2D eigenvalue weighted by Crippen LogP contribution is 2.41. The lowest BCUT2D eigenvalue weighted by atomic mass is 9.89. The van der Waals surface area contributed by atoms with Crippen molar-refractivity contribution in [1.29, 1.82) is 0 Å². The van der Waals surface area contributed by atoms with E-state index in [0.29, 0.717) is 35.4 Å². The number of amides is 1. The van der Waals surface area contributed by atoms with Gasteiger partial charge in [0.2, 0.25) is 0 Å². The number of carbonyl (C=O) groups excluding carboxylic acids is 1. The van der Waals surface area contributed by atoms with Crippen LogP contribution in [-0.4, -0.2) is 51.7 Å². The number of hydrogen-bond acceptors (Lipinski definition) is 5. The zero-order valence-corrected chi connectivity index (χ0v) is 26.5. The number of aryl methyl sites for hydroxylation is 2. The number of sulfone groups is 1. The number of rotatable bonds is 8. The van der Waals surface area contributed by atoms with Crippen molar-refractivity contribution in [2.24, 2.45) is 0 Å². The van der Waals surface area contributed by atoms with Gasteiger partial charge < -0.3 is 15.0 Å². The van der Waals surface area contributed by atoms with Crippen LogP contribution in [0.4, 0.5) is 0 Å². The van der Waals surface area contributed by atoms with Gasteiger partial charge in [-0.2, -0.15) is 0 Å². The summed E-state index contributed by atoms with van der Waals surface area (Å²) in [5.41, 5.74) is 7.73. The quantitative estimate of drug-likeness (QED) is 0.319. The summed E-state index contributed by atoms with van der Waals surface area (Å²) in [6.07, 6.45) is 5.55. The molecular formula is C34H39ClN2O4S. The third-order valence-electron chi connectivity index (χ3n) is 8.90. The van der Waals surface area contributed by atoms with Crippen LogP contribution in [0.15, 0.2) is 65.1 Å². The van der Waals surface area contributed by atoms with E-state index in [-0.39, 0.29) is 16.8 Å². The van der Waals surface area contributed by atoms with Crippen molar-refractivity contribution < 1.29 is 17.9 Å². The van der Waals surface area contributed by atoms with Crippen LogP contribution in [0.2, 0.25) is 0 Å². The van der Waals surface area contributed by atoms with E-state index in [1.54, 1.807) is 19.2 Å². The van der Waals surface area contributed by atoms with Crippen molar-refractivity contribution in [3.05, 3.63) is 88.0 Å². The molecule has 0 unspecified atom stereocenters. The highest BCUT2D eigenvalue weighted by Gasteiger charge is 2.35. The second kappa shape index (κ2) is 12.2. The van der Waals surface area contributed by atoms with E-state index in [9.17, 15) is 13.2 Å². The number of halogens is 1. The lowest BCUT2D eigenvalue weighted by Gasteiger charge is -2.37.